The van der Waals surface area contributed by atoms with Gasteiger partial charge >= 0.3 is 0 Å². The number of amides is 1. The average molecular weight is 456 g/mol. The van der Waals surface area contributed by atoms with Gasteiger partial charge in [-0.3, -0.25) is 4.79 Å². The maximum absolute atomic E-state index is 12.6. The quantitative estimate of drug-likeness (QED) is 0.378. The lowest BCUT2D eigenvalue weighted by molar-refractivity contribution is 0.102. The molecule has 0 unspecified atom stereocenters. The monoisotopic (exact) mass is 455 g/mol. The first kappa shape index (κ1) is 20.8. The van der Waals surface area contributed by atoms with E-state index in [0.29, 0.717) is 22.9 Å². The lowest BCUT2D eigenvalue weighted by Crippen LogP contribution is -2.11. The van der Waals surface area contributed by atoms with Crippen LogP contribution in [-0.4, -0.2) is 30.9 Å². The number of anilines is 3. The van der Waals surface area contributed by atoms with Crippen LogP contribution in [0.15, 0.2) is 60.1 Å². The maximum Gasteiger partial charge on any atom is 0.255 e. The van der Waals surface area contributed by atoms with Gasteiger partial charge in [0.15, 0.2) is 11.6 Å². The van der Waals surface area contributed by atoms with Crippen molar-refractivity contribution >= 4 is 44.7 Å². The van der Waals surface area contributed by atoms with Crippen LogP contribution in [0.4, 0.5) is 17.2 Å². The van der Waals surface area contributed by atoms with Crippen LogP contribution in [0.1, 0.15) is 27.3 Å². The van der Waals surface area contributed by atoms with Gasteiger partial charge in [-0.05, 0) is 80.9 Å². The number of aryl methyl sites for hydroxylation is 1. The second-order valence-electron chi connectivity index (χ2n) is 7.68. The number of benzene rings is 2. The molecule has 164 valence electrons. The highest BCUT2D eigenvalue weighted by molar-refractivity contribution is 7.16. The van der Waals surface area contributed by atoms with Gasteiger partial charge in [0.05, 0.1) is 21.4 Å². The molecule has 0 bridgehead atoms. The van der Waals surface area contributed by atoms with Crippen LogP contribution >= 0.6 is 11.3 Å². The molecular weight excluding hydrogens is 434 g/mol. The molecule has 2 aromatic carbocycles. The van der Waals surface area contributed by atoms with Crippen LogP contribution in [-0.2, 0) is 0 Å². The summed E-state index contributed by atoms with van der Waals surface area (Å²) in [6.07, 6.45) is 0. The molecule has 3 aromatic heterocycles. The lowest BCUT2D eigenvalue weighted by Gasteiger charge is -2.09. The third kappa shape index (κ3) is 4.18. The van der Waals surface area contributed by atoms with Crippen LogP contribution in [0.5, 0.6) is 0 Å². The van der Waals surface area contributed by atoms with Crippen molar-refractivity contribution in [3.63, 3.8) is 0 Å². The minimum absolute atomic E-state index is 0.160. The van der Waals surface area contributed by atoms with Crippen molar-refractivity contribution in [2.24, 2.45) is 0 Å². The second-order valence-corrected chi connectivity index (χ2v) is 8.56. The topological polar surface area (TPSA) is 97.6 Å². The second kappa shape index (κ2) is 8.44. The van der Waals surface area contributed by atoms with E-state index in [1.165, 1.54) is 11.3 Å². The predicted octanol–water partition coefficient (Wildman–Crippen LogP) is 5.19. The normalized spacial score (nSPS) is 11.0. The number of aromatic nitrogens is 5. The highest BCUT2D eigenvalue weighted by atomic mass is 32.1. The molecule has 0 radical (unpaired) electrons. The fraction of sp³-hybridized carbons (Fsp3) is 0.125. The molecule has 8 nitrogen and oxygen atoms in total. The molecule has 0 atom stereocenters. The van der Waals surface area contributed by atoms with Gasteiger partial charge in [-0.15, -0.1) is 21.5 Å². The molecule has 33 heavy (non-hydrogen) atoms. The summed E-state index contributed by atoms with van der Waals surface area (Å²) >= 11 is 1.51. The summed E-state index contributed by atoms with van der Waals surface area (Å²) in [4.78, 5) is 16.8. The lowest BCUT2D eigenvalue weighted by atomic mass is 10.2. The van der Waals surface area contributed by atoms with Gasteiger partial charge in [0.2, 0.25) is 0 Å². The van der Waals surface area contributed by atoms with Crippen LogP contribution in [0.25, 0.3) is 16.0 Å². The first-order valence-electron chi connectivity index (χ1n) is 10.4. The molecule has 0 aliphatic heterocycles. The van der Waals surface area contributed by atoms with Crippen molar-refractivity contribution in [3.8, 4) is 5.82 Å². The fourth-order valence-electron chi connectivity index (χ4n) is 3.43. The van der Waals surface area contributed by atoms with Crippen molar-refractivity contribution in [1.29, 1.82) is 0 Å². The SMILES string of the molecule is Cc1nn(-c2ccc(Nc3ccc(NC(=O)c4ccc5ncsc5c4)cc3)nn2)c(C)c1C. The molecule has 0 aliphatic rings. The van der Waals surface area contributed by atoms with E-state index in [1.54, 1.807) is 16.3 Å². The number of nitrogens with zero attached hydrogens (tertiary/aromatic N) is 5. The van der Waals surface area contributed by atoms with Gasteiger partial charge in [-0.25, -0.2) is 9.67 Å². The predicted molar refractivity (Wildman–Crippen MR) is 131 cm³/mol. The minimum atomic E-state index is -0.160. The third-order valence-electron chi connectivity index (χ3n) is 5.53. The zero-order chi connectivity index (χ0) is 22.9. The van der Waals surface area contributed by atoms with Crippen molar-refractivity contribution in [1.82, 2.24) is 25.0 Å². The zero-order valence-corrected chi connectivity index (χ0v) is 19.1. The average Bonchev–Trinajstić information content (AvgIpc) is 3.40. The first-order valence-corrected chi connectivity index (χ1v) is 11.2. The summed E-state index contributed by atoms with van der Waals surface area (Å²) in [7, 11) is 0. The largest absolute Gasteiger partial charge is 0.339 e. The number of nitrogens with one attached hydrogen (secondary N) is 2. The number of rotatable bonds is 5. The molecule has 0 spiro atoms. The molecule has 0 aliphatic carbocycles. The van der Waals surface area contributed by atoms with E-state index in [1.807, 2.05) is 69.3 Å². The van der Waals surface area contributed by atoms with E-state index in [0.717, 1.165) is 32.9 Å². The first-order chi connectivity index (χ1) is 16.0. The van der Waals surface area contributed by atoms with Gasteiger partial charge in [0, 0.05) is 22.6 Å². The highest BCUT2D eigenvalue weighted by Crippen LogP contribution is 2.22. The van der Waals surface area contributed by atoms with Crippen LogP contribution in [0, 0.1) is 20.8 Å². The Hall–Kier alpha value is -4.11. The molecule has 9 heteroatoms. The Morgan fingerprint density at radius 1 is 0.939 bits per heavy atom. The molecule has 3 heterocycles. The Morgan fingerprint density at radius 2 is 1.73 bits per heavy atom. The summed E-state index contributed by atoms with van der Waals surface area (Å²) in [5.41, 5.74) is 7.99. The van der Waals surface area contributed by atoms with Crippen LogP contribution < -0.4 is 10.6 Å². The van der Waals surface area contributed by atoms with Crippen molar-refractivity contribution in [3.05, 3.63) is 82.6 Å². The minimum Gasteiger partial charge on any atom is -0.339 e. The number of carbonyl (C=O) groups is 1. The van der Waals surface area contributed by atoms with Gasteiger partial charge < -0.3 is 10.6 Å². The number of fused-ring (bicyclic) bond motifs is 1. The smallest absolute Gasteiger partial charge is 0.255 e. The summed E-state index contributed by atoms with van der Waals surface area (Å²) < 4.78 is 2.79. The van der Waals surface area contributed by atoms with E-state index in [-0.39, 0.29) is 5.91 Å². The van der Waals surface area contributed by atoms with E-state index in [9.17, 15) is 4.79 Å². The Morgan fingerprint density at radius 3 is 2.42 bits per heavy atom. The molecular formula is C24H21N7OS. The number of hydrogen-bond donors (Lipinski definition) is 2. The number of thiazole rings is 1. The summed E-state index contributed by atoms with van der Waals surface area (Å²) in [6.45, 7) is 6.04. The van der Waals surface area contributed by atoms with Crippen molar-refractivity contribution < 1.29 is 4.79 Å². The Bertz CT molecular complexity index is 1450. The van der Waals surface area contributed by atoms with E-state index in [4.69, 9.17) is 0 Å². The molecule has 0 fully saturated rings. The highest BCUT2D eigenvalue weighted by Gasteiger charge is 2.11. The molecule has 5 rings (SSSR count). The number of carbonyl (C=O) groups excluding carboxylic acids is 1. The van der Waals surface area contributed by atoms with E-state index in [2.05, 4.69) is 30.9 Å². The maximum atomic E-state index is 12.6. The summed E-state index contributed by atoms with van der Waals surface area (Å²) in [5.74, 6) is 1.13. The van der Waals surface area contributed by atoms with Crippen LogP contribution in [0.2, 0.25) is 0 Å². The standard InChI is InChI=1S/C24H21N7OS/c1-14-15(2)30-31(16(14)3)23-11-10-22(28-29-23)26-18-5-7-19(8-6-18)27-24(32)17-4-9-20-21(12-17)33-13-25-20/h4-13H,1-3H3,(H,26,28)(H,27,32). The molecule has 0 saturated heterocycles. The van der Waals surface area contributed by atoms with Gasteiger partial charge in [0.1, 0.15) is 0 Å². The molecule has 2 N–H and O–H groups in total. The van der Waals surface area contributed by atoms with Gasteiger partial charge in [-0.2, -0.15) is 5.10 Å². The van der Waals surface area contributed by atoms with Gasteiger partial charge in [-0.1, -0.05) is 0 Å². The van der Waals surface area contributed by atoms with Crippen molar-refractivity contribution in [2.45, 2.75) is 20.8 Å². The zero-order valence-electron chi connectivity index (χ0n) is 18.3. The molecule has 5 aromatic rings. The van der Waals surface area contributed by atoms with Gasteiger partial charge in [0.25, 0.3) is 5.91 Å². The summed E-state index contributed by atoms with van der Waals surface area (Å²) in [5, 5.41) is 19.2. The number of hydrogen-bond acceptors (Lipinski definition) is 7. The third-order valence-corrected chi connectivity index (χ3v) is 6.32. The van der Waals surface area contributed by atoms with E-state index >= 15 is 0 Å². The molecule has 1 amide bonds. The van der Waals surface area contributed by atoms with Crippen molar-refractivity contribution in [2.75, 3.05) is 10.6 Å². The Balaban J connectivity index is 1.25. The van der Waals surface area contributed by atoms with Crippen LogP contribution in [0.3, 0.4) is 0 Å². The summed E-state index contributed by atoms with van der Waals surface area (Å²) in [6, 6.07) is 16.7. The molecule has 0 saturated carbocycles. The Kier molecular flexibility index (Phi) is 5.31. The fourth-order valence-corrected chi connectivity index (χ4v) is 4.15. The van der Waals surface area contributed by atoms with E-state index < -0.39 is 0 Å². The Labute approximate surface area is 194 Å².